The summed E-state index contributed by atoms with van der Waals surface area (Å²) >= 11 is 7.04. The molecular weight excluding hydrogens is 623 g/mol. The standard InChI is InChI=1S/C6H10N2.C5H9I2N.Pt/c1-3-8-5-4-7(2)6-8;6-8(7)5-3-1-2-4-5;/h4-5H,3H2,1-2H3;5H,1-4H2;. The van der Waals surface area contributed by atoms with Crippen molar-refractivity contribution < 1.29 is 19.4 Å². The van der Waals surface area contributed by atoms with E-state index in [1.54, 1.807) is 0 Å². The molecule has 1 aliphatic carbocycles. The molecule has 6 heteroatoms. The Balaban J connectivity index is 0.000000171. The third kappa shape index (κ3) is 5.45. The van der Waals surface area contributed by atoms with Gasteiger partial charge in [0, 0.05) is 51.8 Å². The normalized spacial score (nSPS) is 16.2. The molecule has 17 heavy (non-hydrogen) atoms. The summed E-state index contributed by atoms with van der Waals surface area (Å²) in [6, 6.07) is 0.871. The van der Waals surface area contributed by atoms with E-state index in [0.29, 0.717) is 0 Å². The Bertz CT molecular complexity index is 380. The van der Waals surface area contributed by atoms with Gasteiger partial charge in [-0.15, -0.1) is 0 Å². The summed E-state index contributed by atoms with van der Waals surface area (Å²) in [5.74, 6) is 0. The molecule has 1 aromatic rings. The van der Waals surface area contributed by atoms with Crippen molar-refractivity contribution in [2.75, 3.05) is 0 Å². The Morgan fingerprint density at radius 3 is 2.18 bits per heavy atom. The molecule has 2 rings (SSSR count). The Morgan fingerprint density at radius 2 is 1.94 bits per heavy atom. The van der Waals surface area contributed by atoms with E-state index in [9.17, 15) is 0 Å². The van der Waals surface area contributed by atoms with Crippen LogP contribution in [0.1, 0.15) is 32.6 Å². The van der Waals surface area contributed by atoms with Crippen LogP contribution < -0.4 is 0 Å². The summed E-state index contributed by atoms with van der Waals surface area (Å²) in [5.41, 5.74) is 0. The van der Waals surface area contributed by atoms with Crippen molar-refractivity contribution in [2.24, 2.45) is 7.05 Å². The van der Waals surface area contributed by atoms with Crippen LogP contribution in [-0.2, 0) is 32.9 Å². The van der Waals surface area contributed by atoms with Crippen LogP contribution in [0.3, 0.4) is 0 Å². The quantitative estimate of drug-likeness (QED) is 0.353. The van der Waals surface area contributed by atoms with Gasteiger partial charge in [-0.25, -0.2) is 0 Å². The maximum Gasteiger partial charge on any atom is 0.0311 e. The maximum absolute atomic E-state index is 2.36. The molecule has 0 bridgehead atoms. The number of rotatable bonds is 2. The van der Waals surface area contributed by atoms with Crippen molar-refractivity contribution in [1.29, 1.82) is 0 Å². The fourth-order valence-electron chi connectivity index (χ4n) is 1.82. The fraction of sp³-hybridized carbons (Fsp3) is 0.727. The van der Waals surface area contributed by atoms with Gasteiger partial charge in [0.25, 0.3) is 0 Å². The van der Waals surface area contributed by atoms with E-state index in [4.69, 9.17) is 0 Å². The summed E-state index contributed by atoms with van der Waals surface area (Å²) in [5, 5.41) is 0. The topological polar surface area (TPSA) is 13.1 Å². The Hall–Kier alpha value is 1.32. The number of aromatic nitrogens is 2. The summed E-state index contributed by atoms with van der Waals surface area (Å²) in [4.78, 5) is 0. The molecule has 0 radical (unpaired) electrons. The van der Waals surface area contributed by atoms with Crippen LogP contribution in [0.15, 0.2) is 12.4 Å². The van der Waals surface area contributed by atoms with Gasteiger partial charge in [-0.1, -0.05) is 12.8 Å². The van der Waals surface area contributed by atoms with Crippen molar-refractivity contribution in [3.05, 3.63) is 16.2 Å². The molecule has 0 aromatic carbocycles. The zero-order valence-electron chi connectivity index (χ0n) is 10.2. The van der Waals surface area contributed by atoms with E-state index >= 15 is 0 Å². The third-order valence-electron chi connectivity index (χ3n) is 2.90. The molecule has 102 valence electrons. The van der Waals surface area contributed by atoms with E-state index < -0.39 is 0 Å². The van der Waals surface area contributed by atoms with Gasteiger partial charge >= 0.3 is 65.2 Å². The van der Waals surface area contributed by atoms with Gasteiger partial charge in [-0.2, -0.15) is 1.33 Å². The second-order valence-corrected chi connectivity index (χ2v) is 9.08. The monoisotopic (exact) mass is 642 g/mol. The summed E-state index contributed by atoms with van der Waals surface area (Å²) in [7, 11) is 2.05. The van der Waals surface area contributed by atoms with Gasteiger partial charge in [0.05, 0.1) is 0 Å². The van der Waals surface area contributed by atoms with Gasteiger partial charge in [0.15, 0.2) is 0 Å². The summed E-state index contributed by atoms with van der Waals surface area (Å²) in [6.45, 7) is 3.20. The molecule has 1 fully saturated rings. The molecule has 0 amide bonds. The van der Waals surface area contributed by atoms with Crippen LogP contribution in [0.25, 0.3) is 0 Å². The SMILES string of the molecule is CCn1ccn(C)[c]1=[Pt].IN(I)C1CCCC1. The van der Waals surface area contributed by atoms with Crippen molar-refractivity contribution in [2.45, 2.75) is 45.2 Å². The van der Waals surface area contributed by atoms with E-state index in [2.05, 4.69) is 102 Å². The van der Waals surface area contributed by atoms with Gasteiger partial charge < -0.3 is 0 Å². The molecule has 0 N–H and O–H groups in total. The van der Waals surface area contributed by atoms with Gasteiger partial charge in [0.2, 0.25) is 0 Å². The summed E-state index contributed by atoms with van der Waals surface area (Å²) < 4.78 is 7.85. The van der Waals surface area contributed by atoms with E-state index in [-0.39, 0.29) is 0 Å². The molecule has 0 saturated heterocycles. The predicted octanol–water partition coefficient (Wildman–Crippen LogP) is 3.86. The smallest absolute Gasteiger partial charge is 0.0311 e. The maximum atomic E-state index is 2.36. The second-order valence-electron chi connectivity index (χ2n) is 4.13. The Morgan fingerprint density at radius 1 is 1.35 bits per heavy atom. The molecule has 1 heterocycles. The first-order valence-electron chi connectivity index (χ1n) is 5.84. The summed E-state index contributed by atoms with van der Waals surface area (Å²) in [6.07, 6.45) is 9.84. The number of imidazole rings is 1. The molecule has 1 aromatic heterocycles. The predicted molar refractivity (Wildman–Crippen MR) is 84.5 cm³/mol. The largest absolute Gasteiger partial charge is 0.185 e. The molecule has 0 unspecified atom stereocenters. The van der Waals surface area contributed by atoms with Gasteiger partial charge in [-0.05, 0) is 12.8 Å². The first kappa shape index (κ1) is 16.4. The minimum atomic E-state index is 0.871. The van der Waals surface area contributed by atoms with Crippen molar-refractivity contribution in [3.63, 3.8) is 0 Å². The molecule has 3 nitrogen and oxygen atoms in total. The van der Waals surface area contributed by atoms with Crippen LogP contribution in [-0.4, -0.2) is 16.5 Å². The molecule has 0 aliphatic heterocycles. The fourth-order valence-corrected chi connectivity index (χ4v) is 3.63. The molecule has 1 saturated carbocycles. The minimum Gasteiger partial charge on any atom is -0.185 e. The van der Waals surface area contributed by atoms with E-state index in [1.165, 1.54) is 29.5 Å². The second kappa shape index (κ2) is 8.48. The van der Waals surface area contributed by atoms with Crippen molar-refractivity contribution >= 4 is 45.7 Å². The first-order chi connectivity index (χ1) is 8.06. The minimum absolute atomic E-state index is 0.871. The van der Waals surface area contributed by atoms with Crippen LogP contribution >= 0.6 is 45.7 Å². The van der Waals surface area contributed by atoms with Crippen molar-refractivity contribution in [3.8, 4) is 0 Å². The molecule has 0 atom stereocenters. The van der Waals surface area contributed by atoms with E-state index in [0.717, 1.165) is 12.6 Å². The zero-order valence-corrected chi connectivity index (χ0v) is 16.8. The van der Waals surface area contributed by atoms with Crippen LogP contribution in [0.2, 0.25) is 0 Å². The number of nitrogens with zero attached hydrogens (tertiary/aromatic N) is 3. The average Bonchev–Trinajstić information content (AvgIpc) is 2.92. The first-order valence-corrected chi connectivity index (χ1v) is 8.90. The van der Waals surface area contributed by atoms with Crippen molar-refractivity contribution in [1.82, 2.24) is 10.5 Å². The van der Waals surface area contributed by atoms with E-state index in [1.807, 2.05) is 0 Å². The number of hydrogen-bond donors (Lipinski definition) is 0. The average molecular weight is 642 g/mol. The van der Waals surface area contributed by atoms with Crippen LogP contribution in [0.5, 0.6) is 0 Å². The number of hydrogen-bond acceptors (Lipinski definition) is 1. The number of halogens is 2. The zero-order chi connectivity index (χ0) is 12.8. The van der Waals surface area contributed by atoms with Gasteiger partial charge in [0.1, 0.15) is 0 Å². The van der Waals surface area contributed by atoms with Gasteiger partial charge in [-0.3, -0.25) is 0 Å². The molecular formula is C11H19I2N3Pt. The van der Waals surface area contributed by atoms with Crippen LogP contribution in [0.4, 0.5) is 0 Å². The third-order valence-corrected chi connectivity index (χ3v) is 5.93. The molecule has 1 aliphatic rings. The van der Waals surface area contributed by atoms with Crippen LogP contribution in [0, 0.1) is 3.80 Å². The Labute approximate surface area is 142 Å². The number of aryl methyl sites for hydroxylation is 2. The Kier molecular flexibility index (Phi) is 8.17. The molecule has 0 spiro atoms.